The summed E-state index contributed by atoms with van der Waals surface area (Å²) in [6.45, 7) is 9.11. The molecule has 3 fully saturated rings. The summed E-state index contributed by atoms with van der Waals surface area (Å²) in [5, 5.41) is 33.5. The van der Waals surface area contributed by atoms with Crippen LogP contribution < -0.4 is 36.1 Å². The minimum Gasteiger partial charge on any atom is -0.497 e. The Labute approximate surface area is 381 Å². The molecule has 1 aromatic heterocycles. The van der Waals surface area contributed by atoms with Crippen LogP contribution in [0.1, 0.15) is 67.3 Å². The maximum Gasteiger partial charge on any atom is 0.264 e. The lowest BCUT2D eigenvalue weighted by molar-refractivity contribution is -0.146. The van der Waals surface area contributed by atoms with Gasteiger partial charge in [0.05, 0.1) is 63.8 Å². The molecular weight excluding hydrogens is 837 g/mol. The van der Waals surface area contributed by atoms with Crippen LogP contribution in [-0.4, -0.2) is 90.9 Å². The number of hydrogen-bond donors (Lipinski definition) is 5. The summed E-state index contributed by atoms with van der Waals surface area (Å²) in [6.07, 6.45) is 5.53. The Morgan fingerprint density at radius 1 is 0.923 bits per heavy atom. The lowest BCUT2D eigenvalue weighted by atomic mass is 9.82. The molecule has 65 heavy (non-hydrogen) atoms. The van der Waals surface area contributed by atoms with Gasteiger partial charge in [-0.2, -0.15) is 0 Å². The summed E-state index contributed by atoms with van der Waals surface area (Å²) >= 11 is 0. The molecule has 0 aliphatic carbocycles. The highest BCUT2D eigenvalue weighted by molar-refractivity contribution is 6.91. The fraction of sp³-hybridized carbons (Fsp3) is 0.420. The molecule has 5 aromatic rings. The predicted octanol–water partition coefficient (Wildman–Crippen LogP) is 5.65. The number of aryl methyl sites for hydroxylation is 1. The van der Waals surface area contributed by atoms with Gasteiger partial charge < -0.3 is 40.7 Å². The molecular formula is C50H60N8O6Si. The van der Waals surface area contributed by atoms with Crippen LogP contribution in [0, 0.1) is 5.92 Å². The Bertz CT molecular complexity index is 2510. The quantitative estimate of drug-likeness (QED) is 0.0829. The van der Waals surface area contributed by atoms with Crippen LogP contribution in [0.3, 0.4) is 0 Å². The number of carbonyl (C=O) groups is 3. The monoisotopic (exact) mass is 896 g/mol. The fourth-order valence-corrected chi connectivity index (χ4v) is 15.0. The molecule has 5 N–H and O–H groups in total. The third-order valence-corrected chi connectivity index (χ3v) is 18.7. The highest BCUT2D eigenvalue weighted by Gasteiger charge is 2.66. The number of amides is 3. The molecule has 0 radical (unpaired) electrons. The van der Waals surface area contributed by atoms with Crippen LogP contribution in [0.5, 0.6) is 5.75 Å². The second-order valence-electron chi connectivity index (χ2n) is 18.6. The van der Waals surface area contributed by atoms with Crippen molar-refractivity contribution >= 4 is 48.0 Å². The van der Waals surface area contributed by atoms with Gasteiger partial charge in [0.15, 0.2) is 5.60 Å². The molecule has 3 amide bonds. The SMILES string of the molecule is COc1ccc([Si](C)(C)[C@@H]2[C@@H](CCn3cc(C(CO)c4ccccc4)nn3)O[C@]3(C(=O)N(Cc4cccc(NC(=O)[C@H]5CCCN5)c4)c4ccc(NC(=O)[C@H]5CCCN5)cc43)[C@H]2C)cc1. The molecule has 14 nitrogen and oxygen atoms in total. The van der Waals surface area contributed by atoms with Crippen molar-refractivity contribution in [1.82, 2.24) is 25.6 Å². The predicted molar refractivity (Wildman–Crippen MR) is 253 cm³/mol. The third kappa shape index (κ3) is 8.63. The number of nitrogens with one attached hydrogen (secondary N) is 4. The number of benzene rings is 4. The van der Waals surface area contributed by atoms with E-state index in [1.165, 1.54) is 5.19 Å². The first-order valence-electron chi connectivity index (χ1n) is 23.0. The zero-order valence-corrected chi connectivity index (χ0v) is 38.6. The summed E-state index contributed by atoms with van der Waals surface area (Å²) in [5.41, 5.74) is 3.80. The van der Waals surface area contributed by atoms with E-state index < -0.39 is 13.7 Å². The molecule has 7 atom stereocenters. The van der Waals surface area contributed by atoms with Crippen LogP contribution in [0.4, 0.5) is 17.1 Å². The first-order chi connectivity index (χ1) is 31.5. The van der Waals surface area contributed by atoms with Gasteiger partial charge in [-0.05, 0) is 104 Å². The minimum atomic E-state index is -2.49. The Balaban J connectivity index is 1.08. The van der Waals surface area contributed by atoms with Gasteiger partial charge in [0.2, 0.25) is 11.8 Å². The van der Waals surface area contributed by atoms with E-state index in [4.69, 9.17) is 9.47 Å². The number of methoxy groups -OCH3 is 1. The van der Waals surface area contributed by atoms with Gasteiger partial charge in [0.1, 0.15) is 5.75 Å². The van der Waals surface area contributed by atoms with Crippen molar-refractivity contribution in [3.63, 3.8) is 0 Å². The van der Waals surface area contributed by atoms with Crippen LogP contribution >= 0.6 is 0 Å². The largest absolute Gasteiger partial charge is 0.497 e. The van der Waals surface area contributed by atoms with E-state index in [9.17, 15) is 14.7 Å². The molecule has 0 bridgehead atoms. The van der Waals surface area contributed by atoms with E-state index >= 15 is 4.79 Å². The molecule has 1 unspecified atom stereocenters. The molecule has 5 heterocycles. The number of aliphatic hydroxyl groups excluding tert-OH is 1. The third-order valence-electron chi connectivity index (χ3n) is 14.3. The van der Waals surface area contributed by atoms with E-state index in [1.54, 1.807) is 7.11 Å². The number of nitrogens with zero attached hydrogens (tertiary/aromatic N) is 4. The van der Waals surface area contributed by atoms with Gasteiger partial charge in [-0.15, -0.1) is 5.10 Å². The van der Waals surface area contributed by atoms with Crippen molar-refractivity contribution in [2.24, 2.45) is 5.92 Å². The summed E-state index contributed by atoms with van der Waals surface area (Å²) in [7, 11) is -0.829. The summed E-state index contributed by atoms with van der Waals surface area (Å²) in [4.78, 5) is 44.1. The zero-order valence-electron chi connectivity index (χ0n) is 37.6. The van der Waals surface area contributed by atoms with Gasteiger partial charge >= 0.3 is 0 Å². The Morgan fingerprint density at radius 2 is 1.62 bits per heavy atom. The number of aromatic nitrogens is 3. The van der Waals surface area contributed by atoms with Crippen LogP contribution in [0.15, 0.2) is 103 Å². The average molecular weight is 897 g/mol. The standard InChI is InChI=1S/C50H60N8O6Si/c1-32-46(65(3,4)38-20-18-37(63-2)19-21-38)45(23-26-57-30-43(55-56-57)39(31-59)34-12-6-5-7-13-34)64-50(32)40-28-36(54-48(61)42-16-10-25-52-42)17-22-44(40)58(49(50)62)29-33-11-8-14-35(27-33)53-47(60)41-15-9-24-51-41/h5-8,11-14,17-22,27-28,30,32,39,41-42,45-46,51-52,59H,9-10,15-16,23-26,29,31H2,1-4H3,(H,53,60)(H,54,61)/t32-,39?,41+,42+,45+,46-,50+/m0/s1. The topological polar surface area (TPSA) is 172 Å². The second-order valence-corrected chi connectivity index (χ2v) is 23.3. The number of fused-ring (bicyclic) bond motifs is 2. The molecule has 1 spiro atoms. The van der Waals surface area contributed by atoms with Crippen molar-refractivity contribution in [3.05, 3.63) is 126 Å². The van der Waals surface area contributed by atoms with E-state index in [-0.39, 0.29) is 66.4 Å². The molecule has 15 heteroatoms. The van der Waals surface area contributed by atoms with Crippen LogP contribution in [0.2, 0.25) is 18.6 Å². The van der Waals surface area contributed by atoms with Crippen LogP contribution in [0.25, 0.3) is 0 Å². The Hall–Kier alpha value is -5.71. The highest BCUT2D eigenvalue weighted by Crippen LogP contribution is 2.60. The number of anilines is 3. The molecule has 4 aromatic carbocycles. The maximum atomic E-state index is 15.7. The number of hydrogen-bond acceptors (Lipinski definition) is 10. The van der Waals surface area contributed by atoms with Crippen molar-refractivity contribution in [2.45, 2.75) is 100 Å². The van der Waals surface area contributed by atoms with E-state index in [0.29, 0.717) is 30.0 Å². The van der Waals surface area contributed by atoms with Gasteiger partial charge in [0.25, 0.3) is 5.91 Å². The van der Waals surface area contributed by atoms with Gasteiger partial charge in [-0.3, -0.25) is 19.1 Å². The second kappa shape index (κ2) is 18.6. The molecule has 3 saturated heterocycles. The van der Waals surface area contributed by atoms with Crippen molar-refractivity contribution < 1.29 is 29.0 Å². The Morgan fingerprint density at radius 3 is 2.26 bits per heavy atom. The molecule has 4 aliphatic rings. The van der Waals surface area contributed by atoms with Crippen LogP contribution in [-0.2, 0) is 37.8 Å². The van der Waals surface area contributed by atoms with Gasteiger partial charge in [-0.1, -0.05) is 85.0 Å². The maximum absolute atomic E-state index is 15.7. The number of carbonyl (C=O) groups excluding carboxylic acids is 3. The summed E-state index contributed by atoms with van der Waals surface area (Å²) < 4.78 is 14.9. The molecule has 4 aliphatic heterocycles. The van der Waals surface area contributed by atoms with E-state index in [2.05, 4.69) is 63.7 Å². The van der Waals surface area contributed by atoms with Crippen molar-refractivity contribution in [2.75, 3.05) is 42.3 Å². The minimum absolute atomic E-state index is 0.0474. The van der Waals surface area contributed by atoms with Crippen molar-refractivity contribution in [1.29, 1.82) is 0 Å². The van der Waals surface area contributed by atoms with Crippen molar-refractivity contribution in [3.8, 4) is 5.75 Å². The number of rotatable bonds is 15. The summed E-state index contributed by atoms with van der Waals surface area (Å²) in [5.74, 6) is -0.154. The number of aliphatic hydroxyl groups is 1. The normalized spacial score (nSPS) is 24.4. The molecule has 340 valence electrons. The zero-order chi connectivity index (χ0) is 45.3. The van der Waals surface area contributed by atoms with E-state index in [0.717, 1.165) is 66.9 Å². The lowest BCUT2D eigenvalue weighted by Crippen LogP contribution is -2.51. The Kier molecular flexibility index (Phi) is 12.8. The molecule has 9 rings (SSSR count). The summed E-state index contributed by atoms with van der Waals surface area (Å²) in [6, 6.07) is 31.1. The van der Waals surface area contributed by atoms with Gasteiger partial charge in [0, 0.05) is 35.6 Å². The first-order valence-corrected chi connectivity index (χ1v) is 26.1. The molecule has 0 saturated carbocycles. The van der Waals surface area contributed by atoms with E-state index in [1.807, 2.05) is 101 Å². The fourth-order valence-electron chi connectivity index (χ4n) is 10.9. The van der Waals surface area contributed by atoms with Gasteiger partial charge in [-0.25, -0.2) is 0 Å². The smallest absolute Gasteiger partial charge is 0.264 e. The number of ether oxygens (including phenoxy) is 2. The lowest BCUT2D eigenvalue weighted by Gasteiger charge is -2.37. The highest BCUT2D eigenvalue weighted by atomic mass is 28.3. The average Bonchev–Trinajstić information content (AvgIpc) is 4.18. The first kappa shape index (κ1) is 44.5.